The fraction of sp³-hybridized carbons (Fsp3) is 0.0690. The van der Waals surface area contributed by atoms with Crippen molar-refractivity contribution in [2.45, 2.75) is 13.1 Å². The number of fused-ring (bicyclic) bond motifs is 2. The van der Waals surface area contributed by atoms with Crippen molar-refractivity contribution in [3.63, 3.8) is 0 Å². The van der Waals surface area contributed by atoms with E-state index in [1.165, 1.54) is 10.4 Å². The SMILES string of the molecule is C1=[N+](c2ccccc2)C=C[N+]=1c1ccccc1.C[Si]1(C)c2ccccc2[N-]c2ccccc21.[Au+]. The molecule has 0 spiro atoms. The average Bonchev–Trinajstić information content (AvgIpc) is 3.36. The van der Waals surface area contributed by atoms with E-state index in [1.807, 2.05) is 57.9 Å². The molecule has 4 aromatic rings. The van der Waals surface area contributed by atoms with Crippen LogP contribution in [-0.4, -0.2) is 23.2 Å². The Morgan fingerprint density at radius 1 is 0.559 bits per heavy atom. The standard InChI is InChI=1S/C15H12N2.C14H14NSi.Au/c1-3-7-14(8-4-1)16-11-12-17(13-16)15-9-5-2-6-10-15;1-16(2)13-9-5-3-7-11(13)15-12-8-4-6-10-14(12)16;/h1-12H;3-10H,1-2H3;/q+2;-1;+1. The molecule has 0 saturated heterocycles. The van der Waals surface area contributed by atoms with Crippen LogP contribution in [-0.2, 0) is 22.4 Å². The summed E-state index contributed by atoms with van der Waals surface area (Å²) in [6.07, 6.45) is 4.00. The van der Waals surface area contributed by atoms with Crippen LogP contribution in [0.25, 0.3) is 5.32 Å². The summed E-state index contributed by atoms with van der Waals surface area (Å²) >= 11 is 0. The van der Waals surface area contributed by atoms with Crippen LogP contribution < -0.4 is 10.4 Å². The van der Waals surface area contributed by atoms with Gasteiger partial charge in [-0.15, -0.1) is 11.4 Å². The Balaban J connectivity index is 0.000000157. The molecule has 6 rings (SSSR count). The number of hydrogen-bond donors (Lipinski definition) is 0. The summed E-state index contributed by atoms with van der Waals surface area (Å²) in [5.74, 6) is 0. The third-order valence-electron chi connectivity index (χ3n) is 6.04. The minimum atomic E-state index is -1.53. The largest absolute Gasteiger partial charge is 1.00 e. The van der Waals surface area contributed by atoms with Gasteiger partial charge in [-0.1, -0.05) is 118 Å². The zero-order chi connectivity index (χ0) is 22.7. The van der Waals surface area contributed by atoms with Gasteiger partial charge in [0.25, 0.3) is 12.4 Å². The number of nitrogens with zero attached hydrogens (tertiary/aromatic N) is 3. The third-order valence-corrected chi connectivity index (χ3v) is 9.58. The summed E-state index contributed by atoms with van der Waals surface area (Å²) in [5.41, 5.74) is 4.56. The van der Waals surface area contributed by atoms with E-state index in [0.29, 0.717) is 0 Å². The molecule has 0 fully saturated rings. The fourth-order valence-corrected chi connectivity index (χ4v) is 7.13. The molecule has 0 amide bonds. The van der Waals surface area contributed by atoms with Crippen molar-refractivity contribution in [1.82, 2.24) is 0 Å². The van der Waals surface area contributed by atoms with Gasteiger partial charge >= 0.3 is 28.4 Å². The Kier molecular flexibility index (Phi) is 7.28. The van der Waals surface area contributed by atoms with Crippen molar-refractivity contribution in [2.24, 2.45) is 0 Å². The van der Waals surface area contributed by atoms with Crippen LogP contribution in [0.15, 0.2) is 122 Å². The summed E-state index contributed by atoms with van der Waals surface area (Å²) in [5, 5.41) is 7.64. The predicted molar refractivity (Wildman–Crippen MR) is 139 cm³/mol. The molecule has 0 radical (unpaired) electrons. The van der Waals surface area contributed by atoms with Gasteiger partial charge in [0.15, 0.2) is 0 Å². The molecule has 0 bridgehead atoms. The molecule has 0 saturated carbocycles. The molecule has 2 heterocycles. The van der Waals surface area contributed by atoms with E-state index in [0.717, 1.165) is 22.7 Å². The second kappa shape index (κ2) is 10.4. The maximum Gasteiger partial charge on any atom is 1.00 e. The molecule has 0 aromatic heterocycles. The first-order valence-corrected chi connectivity index (χ1v) is 14.2. The fourth-order valence-electron chi connectivity index (χ4n) is 4.26. The number of hydrogen-bond acceptors (Lipinski definition) is 0. The summed E-state index contributed by atoms with van der Waals surface area (Å²) < 4.78 is 3.96. The van der Waals surface area contributed by atoms with Gasteiger partial charge in [0.05, 0.1) is 0 Å². The Bertz CT molecular complexity index is 1290. The van der Waals surface area contributed by atoms with Gasteiger partial charge in [-0.3, -0.25) is 0 Å². The molecule has 0 unspecified atom stereocenters. The zero-order valence-electron chi connectivity index (χ0n) is 19.2. The molecule has 3 nitrogen and oxygen atoms in total. The molecule has 2 aliphatic heterocycles. The van der Waals surface area contributed by atoms with Crippen LogP contribution in [0, 0.1) is 0 Å². The van der Waals surface area contributed by atoms with Gasteiger partial charge in [-0.05, 0) is 0 Å². The van der Waals surface area contributed by atoms with E-state index in [1.54, 1.807) is 0 Å². The summed E-state index contributed by atoms with van der Waals surface area (Å²) in [6, 6.07) is 40.8. The van der Waals surface area contributed by atoms with Gasteiger partial charge in [-0.2, -0.15) is 0 Å². The quantitative estimate of drug-likeness (QED) is 0.176. The van der Waals surface area contributed by atoms with Crippen LogP contribution in [0.4, 0.5) is 22.7 Å². The molecule has 0 aliphatic carbocycles. The second-order valence-corrected chi connectivity index (χ2v) is 12.9. The van der Waals surface area contributed by atoms with E-state index < -0.39 is 8.07 Å². The maximum atomic E-state index is 4.74. The van der Waals surface area contributed by atoms with E-state index >= 15 is 0 Å². The van der Waals surface area contributed by atoms with Crippen LogP contribution >= 0.6 is 0 Å². The molecule has 0 atom stereocenters. The zero-order valence-corrected chi connectivity index (χ0v) is 22.4. The Morgan fingerprint density at radius 2 is 0.941 bits per heavy atom. The molecule has 2 aliphatic rings. The monoisotopic (exact) mass is 641 g/mol. The van der Waals surface area contributed by atoms with Gasteiger partial charge in [0.2, 0.25) is 11.4 Å². The van der Waals surface area contributed by atoms with Crippen LogP contribution in [0.2, 0.25) is 13.1 Å². The van der Waals surface area contributed by atoms with E-state index in [2.05, 4.69) is 91.9 Å². The summed E-state index contributed by atoms with van der Waals surface area (Å²) in [6.45, 7) is 4.80. The van der Waals surface area contributed by atoms with Gasteiger partial charge in [-0.25, -0.2) is 0 Å². The van der Waals surface area contributed by atoms with Crippen molar-refractivity contribution < 1.29 is 31.5 Å². The molecule has 0 N–H and O–H groups in total. The molecule has 5 heteroatoms. The topological polar surface area (TPSA) is 20.1 Å². The first-order valence-electron chi connectivity index (χ1n) is 11.2. The van der Waals surface area contributed by atoms with E-state index in [4.69, 9.17) is 5.32 Å². The second-order valence-electron chi connectivity index (χ2n) is 8.58. The predicted octanol–water partition coefficient (Wildman–Crippen LogP) is 6.49. The molecule has 170 valence electrons. The molecule has 4 aromatic carbocycles. The Hall–Kier alpha value is -3.24. The Labute approximate surface area is 218 Å². The van der Waals surface area contributed by atoms with Crippen molar-refractivity contribution in [2.75, 3.05) is 0 Å². The normalized spacial score (nSPS) is 14.2. The van der Waals surface area contributed by atoms with Crippen LogP contribution in [0.1, 0.15) is 0 Å². The van der Waals surface area contributed by atoms with E-state index in [9.17, 15) is 0 Å². The molecular weight excluding hydrogens is 615 g/mol. The van der Waals surface area contributed by atoms with Gasteiger partial charge in [0.1, 0.15) is 8.07 Å². The Morgan fingerprint density at radius 3 is 1.38 bits per heavy atom. The maximum absolute atomic E-state index is 4.74. The summed E-state index contributed by atoms with van der Waals surface area (Å²) in [4.78, 5) is 0. The van der Waals surface area contributed by atoms with Crippen LogP contribution in [0.5, 0.6) is 0 Å². The smallest absolute Gasteiger partial charge is 0.658 e. The minimum absolute atomic E-state index is 0. The van der Waals surface area contributed by atoms with Gasteiger partial charge < -0.3 is 5.32 Å². The van der Waals surface area contributed by atoms with Crippen molar-refractivity contribution in [3.8, 4) is 0 Å². The first kappa shape index (κ1) is 23.9. The number of benzene rings is 4. The van der Waals surface area contributed by atoms with Crippen molar-refractivity contribution in [1.29, 1.82) is 0 Å². The third kappa shape index (κ3) is 4.83. The molecule has 34 heavy (non-hydrogen) atoms. The van der Waals surface area contributed by atoms with Crippen LogP contribution in [0.3, 0.4) is 0 Å². The van der Waals surface area contributed by atoms with Crippen molar-refractivity contribution >= 4 is 47.2 Å². The number of para-hydroxylation sites is 4. The summed E-state index contributed by atoms with van der Waals surface area (Å²) in [7, 11) is -1.53. The van der Waals surface area contributed by atoms with E-state index in [-0.39, 0.29) is 22.4 Å². The number of rotatable bonds is 2. The average molecular weight is 642 g/mol. The minimum Gasteiger partial charge on any atom is -0.658 e. The van der Waals surface area contributed by atoms with Crippen molar-refractivity contribution in [3.05, 3.63) is 127 Å². The first-order chi connectivity index (χ1) is 16.1. The van der Waals surface area contributed by atoms with Gasteiger partial charge in [0, 0.05) is 24.3 Å². The molecular formula is C29H26AuN3Si+2.